The van der Waals surface area contributed by atoms with Gasteiger partial charge in [-0.05, 0) is 18.2 Å². The molecule has 168 valence electrons. The number of alkyl halides is 3. The van der Waals surface area contributed by atoms with E-state index in [1.165, 1.54) is 12.3 Å². The van der Waals surface area contributed by atoms with E-state index in [2.05, 4.69) is 15.0 Å². The summed E-state index contributed by atoms with van der Waals surface area (Å²) in [5, 5.41) is 3.95. The average molecular weight is 468 g/mol. The van der Waals surface area contributed by atoms with Gasteiger partial charge in [0, 0.05) is 44.5 Å². The number of nitrogens with zero attached hydrogens (tertiary/aromatic N) is 5. The summed E-state index contributed by atoms with van der Waals surface area (Å²) in [5.74, 6) is -0.311. The highest BCUT2D eigenvalue weighted by atomic mass is 35.5. The number of anilines is 1. The second-order valence-corrected chi connectivity index (χ2v) is 7.70. The third kappa shape index (κ3) is 4.61. The molecule has 2 aromatic heterocycles. The van der Waals surface area contributed by atoms with Crippen molar-refractivity contribution in [2.24, 2.45) is 0 Å². The van der Waals surface area contributed by atoms with Crippen LogP contribution in [0.25, 0.3) is 5.82 Å². The van der Waals surface area contributed by atoms with E-state index in [0.29, 0.717) is 50.2 Å². The second-order valence-electron chi connectivity index (χ2n) is 7.32. The van der Waals surface area contributed by atoms with Crippen LogP contribution in [0.15, 0.2) is 53.6 Å². The normalized spacial score (nSPS) is 15.2. The van der Waals surface area contributed by atoms with Crippen molar-refractivity contribution in [3.05, 3.63) is 81.1 Å². The maximum atomic E-state index is 13.9. The topological polar surface area (TPSA) is 54.3 Å². The molecular formula is C21H18ClF4N5O. The maximum Gasteiger partial charge on any atom is 0.417 e. The van der Waals surface area contributed by atoms with E-state index in [1.807, 2.05) is 4.90 Å². The summed E-state index contributed by atoms with van der Waals surface area (Å²) in [6.45, 7) is 2.85. The summed E-state index contributed by atoms with van der Waals surface area (Å²) in [4.78, 5) is 20.4. The molecule has 0 spiro atoms. The summed E-state index contributed by atoms with van der Waals surface area (Å²) in [7, 11) is 0. The van der Waals surface area contributed by atoms with Crippen molar-refractivity contribution in [3.63, 3.8) is 0 Å². The van der Waals surface area contributed by atoms with E-state index < -0.39 is 17.3 Å². The van der Waals surface area contributed by atoms with Crippen LogP contribution in [-0.4, -0.2) is 45.8 Å². The summed E-state index contributed by atoms with van der Waals surface area (Å²) in [6.07, 6.45) is -2.49. The molecule has 6 nitrogen and oxygen atoms in total. The van der Waals surface area contributed by atoms with E-state index in [4.69, 9.17) is 11.6 Å². The lowest BCUT2D eigenvalue weighted by atomic mass is 10.2. The first-order valence-electron chi connectivity index (χ1n) is 9.76. The molecule has 1 aromatic carbocycles. The highest BCUT2D eigenvalue weighted by Gasteiger charge is 2.31. The van der Waals surface area contributed by atoms with Gasteiger partial charge in [-0.1, -0.05) is 29.8 Å². The second kappa shape index (κ2) is 8.87. The predicted molar refractivity (Wildman–Crippen MR) is 112 cm³/mol. The van der Waals surface area contributed by atoms with Crippen molar-refractivity contribution in [2.45, 2.75) is 12.7 Å². The third-order valence-corrected chi connectivity index (χ3v) is 5.61. The van der Waals surface area contributed by atoms with Gasteiger partial charge in [-0.2, -0.15) is 23.0 Å². The molecular weight excluding hydrogens is 450 g/mol. The minimum atomic E-state index is -4.53. The zero-order chi connectivity index (χ0) is 22.9. The Hall–Kier alpha value is -2.98. The number of piperazine rings is 1. The molecule has 0 amide bonds. The van der Waals surface area contributed by atoms with Crippen LogP contribution in [-0.2, 0) is 12.7 Å². The fourth-order valence-corrected chi connectivity index (χ4v) is 3.75. The van der Waals surface area contributed by atoms with Gasteiger partial charge in [-0.15, -0.1) is 0 Å². The highest BCUT2D eigenvalue weighted by Crippen LogP contribution is 2.29. The van der Waals surface area contributed by atoms with Crippen molar-refractivity contribution >= 4 is 17.3 Å². The Labute approximate surface area is 185 Å². The lowest BCUT2D eigenvalue weighted by Gasteiger charge is -2.36. The van der Waals surface area contributed by atoms with Gasteiger partial charge in [-0.25, -0.2) is 9.37 Å². The maximum absolute atomic E-state index is 13.9. The molecule has 0 radical (unpaired) electrons. The van der Waals surface area contributed by atoms with Crippen LogP contribution in [0.5, 0.6) is 0 Å². The number of rotatable bonds is 4. The summed E-state index contributed by atoms with van der Waals surface area (Å²) < 4.78 is 52.9. The molecule has 0 saturated carbocycles. The highest BCUT2D eigenvalue weighted by molar-refractivity contribution is 6.33. The van der Waals surface area contributed by atoms with Gasteiger partial charge in [0.05, 0.1) is 17.4 Å². The van der Waals surface area contributed by atoms with Crippen LogP contribution >= 0.6 is 11.6 Å². The Kier molecular flexibility index (Phi) is 6.16. The van der Waals surface area contributed by atoms with E-state index in [-0.39, 0.29) is 16.7 Å². The molecule has 32 heavy (non-hydrogen) atoms. The van der Waals surface area contributed by atoms with Gasteiger partial charge in [0.2, 0.25) is 0 Å². The van der Waals surface area contributed by atoms with Gasteiger partial charge in [0.1, 0.15) is 10.8 Å². The lowest BCUT2D eigenvalue weighted by Crippen LogP contribution is -2.46. The molecule has 3 aromatic rings. The molecule has 0 aliphatic carbocycles. The van der Waals surface area contributed by atoms with Crippen molar-refractivity contribution in [3.8, 4) is 5.82 Å². The zero-order valence-corrected chi connectivity index (χ0v) is 17.4. The number of hydrogen-bond acceptors (Lipinski definition) is 5. The molecule has 4 rings (SSSR count). The fraction of sp³-hybridized carbons (Fsp3) is 0.286. The van der Waals surface area contributed by atoms with Crippen LogP contribution in [0.2, 0.25) is 5.02 Å². The molecule has 0 atom stereocenters. The molecule has 1 fully saturated rings. The minimum Gasteiger partial charge on any atom is -0.366 e. The van der Waals surface area contributed by atoms with Crippen molar-refractivity contribution in [1.29, 1.82) is 0 Å². The van der Waals surface area contributed by atoms with E-state index in [9.17, 15) is 22.4 Å². The fourth-order valence-electron chi connectivity index (χ4n) is 3.50. The lowest BCUT2D eigenvalue weighted by molar-refractivity contribution is -0.137. The monoisotopic (exact) mass is 467 g/mol. The molecule has 3 heterocycles. The van der Waals surface area contributed by atoms with Gasteiger partial charge in [0.25, 0.3) is 5.56 Å². The number of benzene rings is 1. The third-order valence-electron chi connectivity index (χ3n) is 5.26. The summed E-state index contributed by atoms with van der Waals surface area (Å²) in [5.41, 5.74) is -0.548. The quantitative estimate of drug-likeness (QED) is 0.547. The van der Waals surface area contributed by atoms with E-state index in [1.54, 1.807) is 18.2 Å². The summed E-state index contributed by atoms with van der Waals surface area (Å²) in [6, 6.07) is 8.51. The first-order chi connectivity index (χ1) is 15.2. The molecule has 1 saturated heterocycles. The Morgan fingerprint density at radius 1 is 1.00 bits per heavy atom. The van der Waals surface area contributed by atoms with Crippen molar-refractivity contribution < 1.29 is 17.6 Å². The van der Waals surface area contributed by atoms with Gasteiger partial charge < -0.3 is 4.90 Å². The summed E-state index contributed by atoms with van der Waals surface area (Å²) >= 11 is 6.29. The van der Waals surface area contributed by atoms with Crippen molar-refractivity contribution in [1.82, 2.24) is 19.7 Å². The van der Waals surface area contributed by atoms with Crippen LogP contribution < -0.4 is 10.5 Å². The largest absolute Gasteiger partial charge is 0.417 e. The Balaban J connectivity index is 1.47. The Bertz CT molecular complexity index is 1160. The first kappa shape index (κ1) is 22.2. The molecule has 0 N–H and O–H groups in total. The zero-order valence-electron chi connectivity index (χ0n) is 16.7. The number of halogens is 5. The van der Waals surface area contributed by atoms with Crippen LogP contribution in [0.3, 0.4) is 0 Å². The number of hydrogen-bond donors (Lipinski definition) is 0. The predicted octanol–water partition coefficient (Wildman–Crippen LogP) is 3.76. The van der Waals surface area contributed by atoms with Crippen LogP contribution in [0.1, 0.15) is 11.1 Å². The van der Waals surface area contributed by atoms with Crippen molar-refractivity contribution in [2.75, 3.05) is 31.1 Å². The van der Waals surface area contributed by atoms with Gasteiger partial charge in [0.15, 0.2) is 5.82 Å². The first-order valence-corrected chi connectivity index (χ1v) is 10.1. The number of aromatic nitrogens is 3. The smallest absolute Gasteiger partial charge is 0.366 e. The standard InChI is InChI=1S/C21H18ClF4N5O/c22-19-17(30-9-7-29(8-10-30)13-14-3-1-2-4-16(14)23)12-28-31(20(19)32)18-6-5-15(11-27-18)21(24,25)26/h1-6,11-12H,7-10,13H2. The number of pyridine rings is 1. The van der Waals surface area contributed by atoms with E-state index >= 15 is 0 Å². The van der Waals surface area contributed by atoms with Gasteiger partial charge in [-0.3, -0.25) is 9.69 Å². The van der Waals surface area contributed by atoms with Crippen LogP contribution in [0.4, 0.5) is 23.2 Å². The Morgan fingerprint density at radius 3 is 2.34 bits per heavy atom. The molecule has 0 bridgehead atoms. The minimum absolute atomic E-state index is 0.0637. The molecule has 1 aliphatic heterocycles. The Morgan fingerprint density at radius 2 is 1.72 bits per heavy atom. The molecule has 11 heteroatoms. The van der Waals surface area contributed by atoms with Gasteiger partial charge >= 0.3 is 6.18 Å². The average Bonchev–Trinajstić information content (AvgIpc) is 2.77. The van der Waals surface area contributed by atoms with E-state index in [0.717, 1.165) is 16.8 Å². The SMILES string of the molecule is O=c1c(Cl)c(N2CCN(Cc3ccccc3F)CC2)cnn1-c1ccc(C(F)(F)F)cn1. The molecule has 1 aliphatic rings. The van der Waals surface area contributed by atoms with Crippen LogP contribution in [0, 0.1) is 5.82 Å². The molecule has 0 unspecified atom stereocenters.